The largest absolute Gasteiger partial charge is 0.455 e. The molecule has 2 nitrogen and oxygen atoms in total. The molecule has 0 aliphatic carbocycles. The first-order valence-corrected chi connectivity index (χ1v) is 15.7. The number of para-hydroxylation sites is 2. The van der Waals surface area contributed by atoms with Crippen LogP contribution in [0.4, 0.5) is 17.1 Å². The van der Waals surface area contributed by atoms with E-state index in [4.69, 9.17) is 4.42 Å². The summed E-state index contributed by atoms with van der Waals surface area (Å²) < 4.78 is 6.81. The van der Waals surface area contributed by atoms with Crippen molar-refractivity contribution in [3.63, 3.8) is 0 Å². The van der Waals surface area contributed by atoms with Gasteiger partial charge in [0.15, 0.2) is 0 Å². The smallest absolute Gasteiger partial charge is 0.143 e. The fourth-order valence-electron chi connectivity index (χ4n) is 6.88. The molecule has 1 heterocycles. The number of rotatable bonds is 5. The molecule has 0 radical (unpaired) electrons. The van der Waals surface area contributed by atoms with Crippen LogP contribution < -0.4 is 4.90 Å². The zero-order chi connectivity index (χ0) is 30.5. The number of hydrogen-bond acceptors (Lipinski definition) is 2. The quantitative estimate of drug-likeness (QED) is 0.199. The Morgan fingerprint density at radius 1 is 0.326 bits per heavy atom. The molecule has 8 aromatic carbocycles. The zero-order valence-corrected chi connectivity index (χ0v) is 25.1. The summed E-state index contributed by atoms with van der Waals surface area (Å²) in [4.78, 5) is 2.39. The van der Waals surface area contributed by atoms with Gasteiger partial charge in [0.1, 0.15) is 11.2 Å². The molecule has 0 amide bonds. The predicted octanol–water partition coefficient (Wildman–Crippen LogP) is 12.7. The maximum absolute atomic E-state index is 6.81. The van der Waals surface area contributed by atoms with Crippen LogP contribution in [-0.2, 0) is 0 Å². The standard InChI is InChI=1S/C44H29NO/c1-2-12-30(13-3-1)31-24-27-34(28-25-31)45(41-23-10-16-32-14-4-6-17-35(32)41)42-22-9-8-19-37(42)38-20-11-21-39-40-29-26-33-15-5-7-18-36(33)43(40)46-44(38)39/h1-29H. The monoisotopic (exact) mass is 587 g/mol. The molecule has 0 saturated heterocycles. The number of hydrogen-bond donors (Lipinski definition) is 0. The Morgan fingerprint density at radius 2 is 0.891 bits per heavy atom. The summed E-state index contributed by atoms with van der Waals surface area (Å²) in [6.07, 6.45) is 0. The number of furan rings is 1. The molecule has 2 heteroatoms. The summed E-state index contributed by atoms with van der Waals surface area (Å²) in [7, 11) is 0. The highest BCUT2D eigenvalue weighted by Gasteiger charge is 2.22. The van der Waals surface area contributed by atoms with E-state index in [0.29, 0.717) is 0 Å². The minimum atomic E-state index is 0.901. The Hall–Kier alpha value is -6.12. The van der Waals surface area contributed by atoms with Gasteiger partial charge in [0.2, 0.25) is 0 Å². The van der Waals surface area contributed by atoms with Crippen molar-refractivity contribution in [1.82, 2.24) is 0 Å². The number of benzene rings is 8. The lowest BCUT2D eigenvalue weighted by molar-refractivity contribution is 0.674. The van der Waals surface area contributed by atoms with Crippen molar-refractivity contribution in [1.29, 1.82) is 0 Å². The molecule has 0 aliphatic rings. The van der Waals surface area contributed by atoms with Crippen molar-refractivity contribution in [2.45, 2.75) is 0 Å². The third-order valence-corrected chi connectivity index (χ3v) is 9.06. The third kappa shape index (κ3) is 4.27. The van der Waals surface area contributed by atoms with Crippen LogP contribution in [0.3, 0.4) is 0 Å². The van der Waals surface area contributed by atoms with Crippen molar-refractivity contribution in [3.8, 4) is 22.3 Å². The lowest BCUT2D eigenvalue weighted by atomic mass is 9.98. The highest BCUT2D eigenvalue weighted by molar-refractivity contribution is 6.17. The fraction of sp³-hybridized carbons (Fsp3) is 0. The van der Waals surface area contributed by atoms with Crippen molar-refractivity contribution in [2.75, 3.05) is 4.90 Å². The summed E-state index contributed by atoms with van der Waals surface area (Å²) in [5.74, 6) is 0. The molecule has 0 unspecified atom stereocenters. The van der Waals surface area contributed by atoms with E-state index in [9.17, 15) is 0 Å². The first-order chi connectivity index (χ1) is 22.8. The normalized spacial score (nSPS) is 11.5. The predicted molar refractivity (Wildman–Crippen MR) is 194 cm³/mol. The Bertz CT molecular complexity index is 2520. The van der Waals surface area contributed by atoms with Gasteiger partial charge in [0.25, 0.3) is 0 Å². The second-order valence-electron chi connectivity index (χ2n) is 11.7. The van der Waals surface area contributed by atoms with Crippen LogP contribution in [0.5, 0.6) is 0 Å². The highest BCUT2D eigenvalue weighted by atomic mass is 16.3. The van der Waals surface area contributed by atoms with Gasteiger partial charge in [-0.15, -0.1) is 0 Å². The first kappa shape index (κ1) is 26.3. The Balaban J connectivity index is 1.29. The minimum Gasteiger partial charge on any atom is -0.455 e. The summed E-state index contributed by atoms with van der Waals surface area (Å²) in [5.41, 5.74) is 9.70. The molecule has 0 atom stereocenters. The molecular formula is C44H29NO. The zero-order valence-electron chi connectivity index (χ0n) is 25.1. The molecule has 216 valence electrons. The van der Waals surface area contributed by atoms with Crippen LogP contribution in [0.25, 0.3) is 65.7 Å². The molecule has 0 spiro atoms. The van der Waals surface area contributed by atoms with E-state index in [-0.39, 0.29) is 0 Å². The Labute approximate surface area is 267 Å². The lowest BCUT2D eigenvalue weighted by Crippen LogP contribution is -2.11. The number of fused-ring (bicyclic) bond motifs is 6. The van der Waals surface area contributed by atoms with Gasteiger partial charge in [-0.05, 0) is 52.2 Å². The molecule has 0 aliphatic heterocycles. The summed E-state index contributed by atoms with van der Waals surface area (Å²) in [6, 6.07) is 62.6. The molecule has 0 saturated carbocycles. The van der Waals surface area contributed by atoms with Crippen LogP contribution in [0.1, 0.15) is 0 Å². The molecular weight excluding hydrogens is 558 g/mol. The van der Waals surface area contributed by atoms with Gasteiger partial charge >= 0.3 is 0 Å². The Kier molecular flexibility index (Phi) is 6.17. The maximum atomic E-state index is 6.81. The van der Waals surface area contributed by atoms with Crippen molar-refractivity contribution < 1.29 is 4.42 Å². The molecule has 0 bridgehead atoms. The lowest BCUT2D eigenvalue weighted by Gasteiger charge is -2.29. The van der Waals surface area contributed by atoms with Crippen LogP contribution in [-0.4, -0.2) is 0 Å². The maximum Gasteiger partial charge on any atom is 0.143 e. The fourth-order valence-corrected chi connectivity index (χ4v) is 6.88. The molecule has 9 aromatic rings. The van der Waals surface area contributed by atoms with Crippen molar-refractivity contribution in [3.05, 3.63) is 176 Å². The Morgan fingerprint density at radius 3 is 1.74 bits per heavy atom. The summed E-state index contributed by atoms with van der Waals surface area (Å²) in [6.45, 7) is 0. The van der Waals surface area contributed by atoms with E-state index in [2.05, 4.69) is 181 Å². The van der Waals surface area contributed by atoms with Gasteiger partial charge in [0.05, 0.1) is 11.4 Å². The van der Waals surface area contributed by atoms with E-state index in [1.807, 2.05) is 0 Å². The number of nitrogens with zero attached hydrogens (tertiary/aromatic N) is 1. The second-order valence-corrected chi connectivity index (χ2v) is 11.7. The van der Waals surface area contributed by atoms with E-state index in [1.54, 1.807) is 0 Å². The van der Waals surface area contributed by atoms with Crippen LogP contribution in [0.2, 0.25) is 0 Å². The first-order valence-electron chi connectivity index (χ1n) is 15.7. The molecule has 46 heavy (non-hydrogen) atoms. The van der Waals surface area contributed by atoms with E-state index in [0.717, 1.165) is 55.5 Å². The van der Waals surface area contributed by atoms with Gasteiger partial charge in [-0.1, -0.05) is 146 Å². The van der Waals surface area contributed by atoms with Gasteiger partial charge in [0, 0.05) is 38.4 Å². The average Bonchev–Trinajstić information content (AvgIpc) is 3.52. The van der Waals surface area contributed by atoms with E-state index >= 15 is 0 Å². The van der Waals surface area contributed by atoms with Crippen molar-refractivity contribution in [2.24, 2.45) is 0 Å². The van der Waals surface area contributed by atoms with Gasteiger partial charge in [-0.2, -0.15) is 0 Å². The second kappa shape index (κ2) is 10.8. The summed E-state index contributed by atoms with van der Waals surface area (Å²) in [5, 5.41) is 6.96. The topological polar surface area (TPSA) is 16.4 Å². The highest BCUT2D eigenvalue weighted by Crippen LogP contribution is 2.46. The van der Waals surface area contributed by atoms with Gasteiger partial charge in [-0.3, -0.25) is 0 Å². The average molecular weight is 588 g/mol. The molecule has 1 aromatic heterocycles. The van der Waals surface area contributed by atoms with Gasteiger partial charge in [-0.25, -0.2) is 0 Å². The number of anilines is 3. The van der Waals surface area contributed by atoms with Crippen LogP contribution >= 0.6 is 0 Å². The van der Waals surface area contributed by atoms with E-state index in [1.165, 1.54) is 27.3 Å². The van der Waals surface area contributed by atoms with Crippen LogP contribution in [0, 0.1) is 0 Å². The molecule has 0 fully saturated rings. The van der Waals surface area contributed by atoms with Crippen LogP contribution in [0.15, 0.2) is 180 Å². The molecule has 0 N–H and O–H groups in total. The molecule has 9 rings (SSSR count). The third-order valence-electron chi connectivity index (χ3n) is 9.06. The SMILES string of the molecule is c1ccc(-c2ccc(N(c3ccccc3-c3cccc4c3oc3c5ccccc5ccc43)c3cccc4ccccc34)cc2)cc1. The minimum absolute atomic E-state index is 0.901. The van der Waals surface area contributed by atoms with E-state index < -0.39 is 0 Å². The van der Waals surface area contributed by atoms with Crippen molar-refractivity contribution >= 4 is 60.5 Å². The van der Waals surface area contributed by atoms with Gasteiger partial charge < -0.3 is 9.32 Å². The summed E-state index contributed by atoms with van der Waals surface area (Å²) >= 11 is 0.